The van der Waals surface area contributed by atoms with Crippen molar-refractivity contribution in [2.45, 2.75) is 52.6 Å². The molecule has 2 rings (SSSR count). The lowest BCUT2D eigenvalue weighted by Gasteiger charge is -2.26. The highest BCUT2D eigenvalue weighted by atomic mass is 16.5. The molecule has 0 bridgehead atoms. The number of hydrogen-bond donors (Lipinski definition) is 1. The Morgan fingerprint density at radius 1 is 1.04 bits per heavy atom. The van der Waals surface area contributed by atoms with Crippen molar-refractivity contribution in [1.29, 1.82) is 0 Å². The molecule has 0 aromatic heterocycles. The minimum Gasteiger partial charge on any atom is -0.481 e. The third-order valence-corrected chi connectivity index (χ3v) is 4.51. The van der Waals surface area contributed by atoms with Crippen LogP contribution in [0.4, 0.5) is 0 Å². The summed E-state index contributed by atoms with van der Waals surface area (Å²) in [6.07, 6.45) is 1.92. The molecule has 1 aromatic rings. The highest BCUT2D eigenvalue weighted by Crippen LogP contribution is 2.29. The average Bonchev–Trinajstić information content (AvgIpc) is 2.52. The Hall–Kier alpha value is -2.37. The predicted molar refractivity (Wildman–Crippen MR) is 86.0 cm³/mol. The first-order chi connectivity index (χ1) is 11.3. The van der Waals surface area contributed by atoms with Gasteiger partial charge in [-0.05, 0) is 62.8 Å². The predicted octanol–water partition coefficient (Wildman–Crippen LogP) is 3.03. The first-order valence-electron chi connectivity index (χ1n) is 8.02. The number of esters is 2. The minimum atomic E-state index is -0.785. The van der Waals surface area contributed by atoms with Crippen LogP contribution in [0.5, 0.6) is 5.75 Å². The first-order valence-corrected chi connectivity index (χ1v) is 8.02. The van der Waals surface area contributed by atoms with Crippen LogP contribution in [0.25, 0.3) is 0 Å². The van der Waals surface area contributed by atoms with E-state index in [2.05, 4.69) is 0 Å². The standard InChI is InChI=1S/C18H22O6/c1-10-11(2)16(23-12(3)19)9-8-15(10)18(22)24-14-6-4-13(5-7-14)17(20)21/h8-9,13-14H,4-7H2,1-3H3,(H,20,21). The van der Waals surface area contributed by atoms with Gasteiger partial charge in [-0.3, -0.25) is 9.59 Å². The van der Waals surface area contributed by atoms with Gasteiger partial charge in [0.05, 0.1) is 11.5 Å². The van der Waals surface area contributed by atoms with Crippen molar-refractivity contribution < 1.29 is 29.0 Å². The summed E-state index contributed by atoms with van der Waals surface area (Å²) in [5, 5.41) is 9.00. The number of carboxylic acid groups (broad SMARTS) is 1. The molecule has 1 aromatic carbocycles. The van der Waals surface area contributed by atoms with Crippen molar-refractivity contribution in [3.8, 4) is 5.75 Å². The van der Waals surface area contributed by atoms with E-state index in [1.807, 2.05) is 0 Å². The van der Waals surface area contributed by atoms with Crippen LogP contribution in [0.1, 0.15) is 54.1 Å². The molecule has 0 radical (unpaired) electrons. The number of ether oxygens (including phenoxy) is 2. The second-order valence-electron chi connectivity index (χ2n) is 6.17. The van der Waals surface area contributed by atoms with Crippen LogP contribution in [0.15, 0.2) is 12.1 Å². The van der Waals surface area contributed by atoms with Gasteiger partial charge in [0.25, 0.3) is 0 Å². The summed E-state index contributed by atoms with van der Waals surface area (Å²) < 4.78 is 10.6. The van der Waals surface area contributed by atoms with Crippen LogP contribution in [-0.2, 0) is 14.3 Å². The van der Waals surface area contributed by atoms with Gasteiger partial charge in [0, 0.05) is 6.92 Å². The summed E-state index contributed by atoms with van der Waals surface area (Å²) in [5.41, 5.74) is 1.86. The number of carbonyl (C=O) groups is 3. The lowest BCUT2D eigenvalue weighted by molar-refractivity contribution is -0.143. The zero-order chi connectivity index (χ0) is 17.9. The fourth-order valence-electron chi connectivity index (χ4n) is 2.92. The van der Waals surface area contributed by atoms with Crippen LogP contribution >= 0.6 is 0 Å². The summed E-state index contributed by atoms with van der Waals surface area (Å²) in [6.45, 7) is 4.88. The molecule has 1 fully saturated rings. The Balaban J connectivity index is 2.04. The molecule has 24 heavy (non-hydrogen) atoms. The van der Waals surface area contributed by atoms with E-state index in [0.29, 0.717) is 48.1 Å². The van der Waals surface area contributed by atoms with E-state index >= 15 is 0 Å². The fraction of sp³-hybridized carbons (Fsp3) is 0.500. The molecule has 6 heteroatoms. The van der Waals surface area contributed by atoms with Crippen LogP contribution in [-0.4, -0.2) is 29.1 Å². The van der Waals surface area contributed by atoms with Gasteiger partial charge in [0.15, 0.2) is 0 Å². The van der Waals surface area contributed by atoms with Gasteiger partial charge in [-0.15, -0.1) is 0 Å². The van der Waals surface area contributed by atoms with Crippen molar-refractivity contribution in [1.82, 2.24) is 0 Å². The highest BCUT2D eigenvalue weighted by Gasteiger charge is 2.28. The largest absolute Gasteiger partial charge is 0.481 e. The van der Waals surface area contributed by atoms with E-state index in [-0.39, 0.29) is 12.0 Å². The zero-order valence-corrected chi connectivity index (χ0v) is 14.1. The summed E-state index contributed by atoms with van der Waals surface area (Å²) in [4.78, 5) is 34.4. The molecule has 0 aliphatic heterocycles. The summed E-state index contributed by atoms with van der Waals surface area (Å²) >= 11 is 0. The van der Waals surface area contributed by atoms with Gasteiger partial charge < -0.3 is 14.6 Å². The van der Waals surface area contributed by atoms with Gasteiger partial charge in [-0.2, -0.15) is 0 Å². The molecular formula is C18H22O6. The maximum atomic E-state index is 12.4. The molecule has 0 atom stereocenters. The van der Waals surface area contributed by atoms with E-state index in [4.69, 9.17) is 14.6 Å². The number of rotatable bonds is 4. The Morgan fingerprint density at radius 3 is 2.21 bits per heavy atom. The van der Waals surface area contributed by atoms with Gasteiger partial charge in [0.1, 0.15) is 11.9 Å². The van der Waals surface area contributed by atoms with Gasteiger partial charge in [-0.1, -0.05) is 0 Å². The van der Waals surface area contributed by atoms with Crippen LogP contribution < -0.4 is 4.74 Å². The van der Waals surface area contributed by atoms with E-state index in [1.54, 1.807) is 26.0 Å². The Morgan fingerprint density at radius 2 is 1.67 bits per heavy atom. The van der Waals surface area contributed by atoms with Gasteiger partial charge in [0.2, 0.25) is 0 Å². The third-order valence-electron chi connectivity index (χ3n) is 4.51. The highest BCUT2D eigenvalue weighted by molar-refractivity contribution is 5.92. The normalized spacial score (nSPS) is 20.3. The molecule has 0 spiro atoms. The van der Waals surface area contributed by atoms with Crippen molar-refractivity contribution in [3.63, 3.8) is 0 Å². The van der Waals surface area contributed by atoms with E-state index in [9.17, 15) is 14.4 Å². The lowest BCUT2D eigenvalue weighted by atomic mass is 9.87. The zero-order valence-electron chi connectivity index (χ0n) is 14.1. The SMILES string of the molecule is CC(=O)Oc1ccc(C(=O)OC2CCC(C(=O)O)CC2)c(C)c1C. The lowest BCUT2D eigenvalue weighted by Crippen LogP contribution is -2.28. The third kappa shape index (κ3) is 4.13. The molecule has 0 heterocycles. The number of benzene rings is 1. The van der Waals surface area contributed by atoms with Crippen molar-refractivity contribution in [2.75, 3.05) is 0 Å². The number of hydrogen-bond acceptors (Lipinski definition) is 5. The van der Waals surface area contributed by atoms with E-state index in [0.717, 1.165) is 0 Å². The Kier molecular flexibility index (Phi) is 5.59. The van der Waals surface area contributed by atoms with Crippen molar-refractivity contribution in [2.24, 2.45) is 5.92 Å². The molecule has 0 amide bonds. The molecular weight excluding hydrogens is 312 g/mol. The van der Waals surface area contributed by atoms with E-state index < -0.39 is 17.9 Å². The quantitative estimate of drug-likeness (QED) is 0.672. The van der Waals surface area contributed by atoms with Gasteiger partial charge in [-0.25, -0.2) is 4.79 Å². The van der Waals surface area contributed by atoms with Crippen LogP contribution in [0, 0.1) is 19.8 Å². The molecule has 1 saturated carbocycles. The minimum absolute atomic E-state index is 0.249. The fourth-order valence-corrected chi connectivity index (χ4v) is 2.92. The Bertz CT molecular complexity index is 656. The number of carbonyl (C=O) groups excluding carboxylic acids is 2. The summed E-state index contributed by atoms with van der Waals surface area (Å²) in [5.74, 6) is -1.54. The van der Waals surface area contributed by atoms with Gasteiger partial charge >= 0.3 is 17.9 Å². The van der Waals surface area contributed by atoms with Crippen LogP contribution in [0.3, 0.4) is 0 Å². The molecule has 1 aliphatic rings. The Labute approximate surface area is 140 Å². The maximum absolute atomic E-state index is 12.4. The summed E-state index contributed by atoms with van der Waals surface area (Å²) in [7, 11) is 0. The number of aliphatic carboxylic acids is 1. The molecule has 6 nitrogen and oxygen atoms in total. The maximum Gasteiger partial charge on any atom is 0.338 e. The topological polar surface area (TPSA) is 89.9 Å². The monoisotopic (exact) mass is 334 g/mol. The molecule has 130 valence electrons. The average molecular weight is 334 g/mol. The molecule has 1 N–H and O–H groups in total. The first kappa shape index (κ1) is 18.0. The number of carboxylic acids is 1. The van der Waals surface area contributed by atoms with Crippen molar-refractivity contribution >= 4 is 17.9 Å². The summed E-state index contributed by atoms with van der Waals surface area (Å²) in [6, 6.07) is 3.17. The molecule has 0 unspecified atom stereocenters. The van der Waals surface area contributed by atoms with E-state index in [1.165, 1.54) is 6.92 Å². The smallest absolute Gasteiger partial charge is 0.338 e. The van der Waals surface area contributed by atoms with Crippen LogP contribution in [0.2, 0.25) is 0 Å². The molecule has 0 saturated heterocycles. The second kappa shape index (κ2) is 7.47. The van der Waals surface area contributed by atoms with Crippen molar-refractivity contribution in [3.05, 3.63) is 28.8 Å². The second-order valence-corrected chi connectivity index (χ2v) is 6.17. The molecule has 1 aliphatic carbocycles.